The van der Waals surface area contributed by atoms with Crippen LogP contribution in [-0.4, -0.2) is 46.9 Å². The first-order chi connectivity index (χ1) is 14.7. The van der Waals surface area contributed by atoms with Crippen molar-refractivity contribution < 1.29 is 24.5 Å². The predicted octanol–water partition coefficient (Wildman–Crippen LogP) is 3.55. The van der Waals surface area contributed by atoms with E-state index in [0.29, 0.717) is 10.0 Å². The molecule has 0 spiro atoms. The maximum absolute atomic E-state index is 12.1. The first kappa shape index (κ1) is 24.9. The highest BCUT2D eigenvalue weighted by Gasteiger charge is 2.33. The Labute approximate surface area is 191 Å². The molecule has 0 aromatic heterocycles. The highest BCUT2D eigenvalue weighted by atomic mass is 35.5. The van der Waals surface area contributed by atoms with Crippen LogP contribution >= 0.6 is 23.2 Å². The van der Waals surface area contributed by atoms with E-state index in [1.54, 1.807) is 25.1 Å². The summed E-state index contributed by atoms with van der Waals surface area (Å²) in [7, 11) is 0. The van der Waals surface area contributed by atoms with Crippen molar-refractivity contribution in [3.63, 3.8) is 0 Å². The minimum absolute atomic E-state index is 0.0349. The molecule has 2 aromatic carbocycles. The van der Waals surface area contributed by atoms with Crippen molar-refractivity contribution >= 4 is 35.1 Å². The van der Waals surface area contributed by atoms with Gasteiger partial charge in [0.05, 0.1) is 12.6 Å². The minimum Gasteiger partial charge on any atom is -0.464 e. The zero-order valence-corrected chi connectivity index (χ0v) is 18.6. The van der Waals surface area contributed by atoms with Crippen molar-refractivity contribution in [2.45, 2.75) is 38.0 Å². The predicted molar refractivity (Wildman–Crippen MR) is 121 cm³/mol. The van der Waals surface area contributed by atoms with E-state index in [4.69, 9.17) is 27.9 Å². The third kappa shape index (κ3) is 7.36. The number of amides is 1. The number of benzene rings is 2. The van der Waals surface area contributed by atoms with E-state index in [2.05, 4.69) is 11.9 Å². The standard InChI is InChI=1S/C23H25Cl2NO5/c1-3-5-20(27)26-19(21(28)22(29)23(30)31-4-2)10-14-6-8-15(9-7-14)16-11-17(24)13-18(25)12-16/h3,6-9,11-13,19,21-22,28-29H,1,4-5,10H2,2H3,(H,26,27)/t19-,21-,22+/m1/s1. The Kier molecular flexibility index (Phi) is 9.52. The second-order valence-electron chi connectivity index (χ2n) is 6.91. The Hall–Kier alpha value is -2.38. The number of carbonyl (C=O) groups is 2. The van der Waals surface area contributed by atoms with Crippen LogP contribution in [0.1, 0.15) is 18.9 Å². The summed E-state index contributed by atoms with van der Waals surface area (Å²) in [5.74, 6) is -1.34. The highest BCUT2D eigenvalue weighted by molar-refractivity contribution is 6.35. The van der Waals surface area contributed by atoms with Crippen LogP contribution in [0.5, 0.6) is 0 Å². The third-order valence-electron chi connectivity index (χ3n) is 4.55. The van der Waals surface area contributed by atoms with Crippen molar-refractivity contribution in [2.24, 2.45) is 0 Å². The van der Waals surface area contributed by atoms with E-state index in [-0.39, 0.29) is 25.4 Å². The number of hydrogen-bond acceptors (Lipinski definition) is 5. The van der Waals surface area contributed by atoms with E-state index in [0.717, 1.165) is 16.7 Å². The van der Waals surface area contributed by atoms with Gasteiger partial charge in [-0.1, -0.05) is 53.5 Å². The van der Waals surface area contributed by atoms with Crippen molar-refractivity contribution in [1.29, 1.82) is 0 Å². The van der Waals surface area contributed by atoms with Crippen molar-refractivity contribution in [3.8, 4) is 11.1 Å². The van der Waals surface area contributed by atoms with Crippen LogP contribution in [0, 0.1) is 0 Å². The van der Waals surface area contributed by atoms with Crippen molar-refractivity contribution in [2.75, 3.05) is 6.61 Å². The molecule has 8 heteroatoms. The molecule has 0 aliphatic carbocycles. The number of nitrogens with one attached hydrogen (secondary N) is 1. The average molecular weight is 466 g/mol. The number of carbonyl (C=O) groups excluding carboxylic acids is 2. The average Bonchev–Trinajstić information content (AvgIpc) is 2.72. The SMILES string of the molecule is C=CCC(=O)N[C@H](Cc1ccc(-c2cc(Cl)cc(Cl)c2)cc1)[C@@H](O)[C@H](O)C(=O)OCC. The van der Waals surface area contributed by atoms with Gasteiger partial charge < -0.3 is 20.3 Å². The molecule has 31 heavy (non-hydrogen) atoms. The summed E-state index contributed by atoms with van der Waals surface area (Å²) in [4.78, 5) is 23.9. The number of aliphatic hydroxyl groups is 2. The molecule has 2 rings (SSSR count). The van der Waals surface area contributed by atoms with Gasteiger partial charge in [-0.2, -0.15) is 0 Å². The summed E-state index contributed by atoms with van der Waals surface area (Å²) >= 11 is 12.1. The summed E-state index contributed by atoms with van der Waals surface area (Å²) in [5, 5.41) is 24.3. The summed E-state index contributed by atoms with van der Waals surface area (Å²) in [6.07, 6.45) is -1.71. The first-order valence-electron chi connectivity index (χ1n) is 9.73. The molecule has 2 aromatic rings. The third-order valence-corrected chi connectivity index (χ3v) is 4.98. The zero-order valence-electron chi connectivity index (χ0n) is 17.1. The summed E-state index contributed by atoms with van der Waals surface area (Å²) in [6.45, 7) is 5.16. The fourth-order valence-electron chi connectivity index (χ4n) is 3.05. The van der Waals surface area contributed by atoms with Gasteiger partial charge >= 0.3 is 5.97 Å². The van der Waals surface area contributed by atoms with Crippen LogP contribution in [0.25, 0.3) is 11.1 Å². The number of aliphatic hydroxyl groups excluding tert-OH is 2. The zero-order chi connectivity index (χ0) is 23.0. The van der Waals surface area contributed by atoms with Crippen LogP contribution in [-0.2, 0) is 20.7 Å². The van der Waals surface area contributed by atoms with Crippen LogP contribution in [0.3, 0.4) is 0 Å². The Bertz CT molecular complexity index is 896. The van der Waals surface area contributed by atoms with Gasteiger partial charge in [0.2, 0.25) is 5.91 Å². The molecule has 0 heterocycles. The number of rotatable bonds is 10. The smallest absolute Gasteiger partial charge is 0.337 e. The molecule has 0 saturated heterocycles. The normalized spacial score (nSPS) is 13.7. The van der Waals surface area contributed by atoms with Crippen LogP contribution < -0.4 is 5.32 Å². The number of hydrogen-bond donors (Lipinski definition) is 3. The largest absolute Gasteiger partial charge is 0.464 e. The van der Waals surface area contributed by atoms with Gasteiger partial charge in [0.25, 0.3) is 0 Å². The number of halogens is 2. The van der Waals surface area contributed by atoms with Crippen LogP contribution in [0.15, 0.2) is 55.1 Å². The second kappa shape index (κ2) is 11.9. The van der Waals surface area contributed by atoms with Gasteiger partial charge in [-0.05, 0) is 48.2 Å². The maximum Gasteiger partial charge on any atom is 0.337 e. The van der Waals surface area contributed by atoms with E-state index >= 15 is 0 Å². The minimum atomic E-state index is -1.79. The van der Waals surface area contributed by atoms with Gasteiger partial charge in [-0.15, -0.1) is 6.58 Å². The number of esters is 1. The Morgan fingerprint density at radius 2 is 1.71 bits per heavy atom. The van der Waals surface area contributed by atoms with Gasteiger partial charge in [0.1, 0.15) is 6.10 Å². The lowest BCUT2D eigenvalue weighted by Gasteiger charge is -2.27. The highest BCUT2D eigenvalue weighted by Crippen LogP contribution is 2.27. The molecule has 166 valence electrons. The summed E-state index contributed by atoms with van der Waals surface area (Å²) in [6, 6.07) is 11.7. The van der Waals surface area contributed by atoms with Crippen molar-refractivity contribution in [1.82, 2.24) is 5.32 Å². The molecule has 0 unspecified atom stereocenters. The molecule has 3 atom stereocenters. The Morgan fingerprint density at radius 3 is 2.26 bits per heavy atom. The molecule has 0 bridgehead atoms. The van der Waals surface area contributed by atoms with E-state index < -0.39 is 24.2 Å². The van der Waals surface area contributed by atoms with Gasteiger partial charge in [-0.3, -0.25) is 4.79 Å². The Balaban J connectivity index is 2.21. The fourth-order valence-corrected chi connectivity index (χ4v) is 3.57. The molecule has 0 saturated carbocycles. The molecule has 0 fully saturated rings. The molecule has 1 amide bonds. The van der Waals surface area contributed by atoms with Crippen LogP contribution in [0.2, 0.25) is 10.0 Å². The molecular weight excluding hydrogens is 441 g/mol. The van der Waals surface area contributed by atoms with E-state index in [1.807, 2.05) is 24.3 Å². The molecule has 6 nitrogen and oxygen atoms in total. The lowest BCUT2D eigenvalue weighted by Crippen LogP contribution is -2.52. The van der Waals surface area contributed by atoms with Gasteiger partial charge in [0.15, 0.2) is 6.10 Å². The quantitative estimate of drug-likeness (QED) is 0.368. The number of ether oxygens (including phenoxy) is 1. The van der Waals surface area contributed by atoms with Gasteiger partial charge in [0, 0.05) is 16.5 Å². The van der Waals surface area contributed by atoms with Crippen molar-refractivity contribution in [3.05, 3.63) is 70.7 Å². The summed E-state index contributed by atoms with van der Waals surface area (Å²) < 4.78 is 4.76. The lowest BCUT2D eigenvalue weighted by molar-refractivity contribution is -0.160. The first-order valence-corrected chi connectivity index (χ1v) is 10.5. The van der Waals surface area contributed by atoms with E-state index in [1.165, 1.54) is 6.08 Å². The topological polar surface area (TPSA) is 95.9 Å². The molecule has 0 radical (unpaired) electrons. The molecule has 0 aliphatic rings. The molecular formula is C23H25Cl2NO5. The van der Waals surface area contributed by atoms with E-state index in [9.17, 15) is 19.8 Å². The van der Waals surface area contributed by atoms with Gasteiger partial charge in [-0.25, -0.2) is 4.79 Å². The lowest BCUT2D eigenvalue weighted by atomic mass is 9.95. The monoisotopic (exact) mass is 465 g/mol. The molecule has 3 N–H and O–H groups in total. The van der Waals surface area contributed by atoms with Crippen LogP contribution in [0.4, 0.5) is 0 Å². The summed E-state index contributed by atoms with van der Waals surface area (Å²) in [5.41, 5.74) is 2.50. The Morgan fingerprint density at radius 1 is 1.10 bits per heavy atom. The molecule has 0 aliphatic heterocycles. The maximum atomic E-state index is 12.1. The second-order valence-corrected chi connectivity index (χ2v) is 7.79. The fraction of sp³-hybridized carbons (Fsp3) is 0.304.